The molecule has 22 heavy (non-hydrogen) atoms. The van der Waals surface area contributed by atoms with E-state index in [1.54, 1.807) is 0 Å². The molecular formula is C21H17N. The van der Waals surface area contributed by atoms with E-state index in [4.69, 9.17) is 0 Å². The van der Waals surface area contributed by atoms with Crippen LogP contribution < -0.4 is 0 Å². The van der Waals surface area contributed by atoms with Crippen molar-refractivity contribution in [1.29, 1.82) is 0 Å². The van der Waals surface area contributed by atoms with Gasteiger partial charge in [0.15, 0.2) is 0 Å². The summed E-state index contributed by atoms with van der Waals surface area (Å²) >= 11 is 0. The maximum Gasteiger partial charge on any atom is 0.0702 e. The first-order valence-electron chi connectivity index (χ1n) is 7.33. The minimum Gasteiger partial charge on any atom is -0.256 e. The zero-order valence-electron chi connectivity index (χ0n) is 12.3. The van der Waals surface area contributed by atoms with Crippen molar-refractivity contribution in [2.75, 3.05) is 0 Å². The molecule has 0 saturated carbocycles. The van der Waals surface area contributed by atoms with Gasteiger partial charge in [-0.3, -0.25) is 4.98 Å². The van der Waals surface area contributed by atoms with Gasteiger partial charge < -0.3 is 0 Å². The highest BCUT2D eigenvalue weighted by Gasteiger charge is 1.96. The van der Waals surface area contributed by atoms with Gasteiger partial charge in [-0.1, -0.05) is 85.0 Å². The van der Waals surface area contributed by atoms with Crippen molar-refractivity contribution >= 4 is 24.3 Å². The van der Waals surface area contributed by atoms with Gasteiger partial charge >= 0.3 is 0 Å². The van der Waals surface area contributed by atoms with Crippen LogP contribution in [0.4, 0.5) is 0 Å². The molecule has 3 rings (SSSR count). The summed E-state index contributed by atoms with van der Waals surface area (Å²) < 4.78 is 0. The summed E-state index contributed by atoms with van der Waals surface area (Å²) in [6, 6.07) is 24.6. The van der Waals surface area contributed by atoms with Crippen molar-refractivity contribution in [2.45, 2.75) is 0 Å². The lowest BCUT2D eigenvalue weighted by molar-refractivity contribution is 1.28. The third-order valence-electron chi connectivity index (χ3n) is 3.36. The molecule has 0 fully saturated rings. The summed E-state index contributed by atoms with van der Waals surface area (Å²) in [5, 5.41) is 0. The summed E-state index contributed by atoms with van der Waals surface area (Å²) in [5.41, 5.74) is 4.44. The number of rotatable bonds is 4. The average Bonchev–Trinajstić information content (AvgIpc) is 2.61. The predicted molar refractivity (Wildman–Crippen MR) is 95.0 cm³/mol. The summed E-state index contributed by atoms with van der Waals surface area (Å²) in [5.74, 6) is 0. The highest BCUT2D eigenvalue weighted by Crippen LogP contribution is 2.14. The van der Waals surface area contributed by atoms with Crippen molar-refractivity contribution in [3.8, 4) is 0 Å². The van der Waals surface area contributed by atoms with Crippen LogP contribution in [0.25, 0.3) is 24.3 Å². The van der Waals surface area contributed by atoms with Crippen LogP contribution in [0.5, 0.6) is 0 Å². The lowest BCUT2D eigenvalue weighted by atomic mass is 10.1. The van der Waals surface area contributed by atoms with Gasteiger partial charge in [0, 0.05) is 11.8 Å². The second-order valence-electron chi connectivity index (χ2n) is 4.97. The fourth-order valence-corrected chi connectivity index (χ4v) is 2.20. The summed E-state index contributed by atoms with van der Waals surface area (Å²) in [4.78, 5) is 4.47. The molecule has 2 aromatic carbocycles. The summed E-state index contributed by atoms with van der Waals surface area (Å²) in [7, 11) is 0. The third kappa shape index (κ3) is 3.80. The molecule has 0 N–H and O–H groups in total. The smallest absolute Gasteiger partial charge is 0.0702 e. The zero-order valence-corrected chi connectivity index (χ0v) is 12.3. The molecule has 3 aromatic rings. The molecule has 0 amide bonds. The normalized spacial score (nSPS) is 11.3. The second-order valence-corrected chi connectivity index (χ2v) is 4.97. The monoisotopic (exact) mass is 283 g/mol. The molecule has 1 heterocycles. The van der Waals surface area contributed by atoms with Gasteiger partial charge in [0.2, 0.25) is 0 Å². The van der Waals surface area contributed by atoms with Crippen molar-refractivity contribution < 1.29 is 0 Å². The molecule has 0 saturated heterocycles. The average molecular weight is 283 g/mol. The Bertz CT molecular complexity index is 703. The van der Waals surface area contributed by atoms with Crippen molar-refractivity contribution in [3.63, 3.8) is 0 Å². The fourth-order valence-electron chi connectivity index (χ4n) is 2.20. The highest BCUT2D eigenvalue weighted by molar-refractivity contribution is 5.77. The van der Waals surface area contributed by atoms with E-state index < -0.39 is 0 Å². The van der Waals surface area contributed by atoms with Crippen LogP contribution in [0.1, 0.15) is 22.4 Å². The van der Waals surface area contributed by atoms with Gasteiger partial charge in [-0.25, -0.2) is 0 Å². The van der Waals surface area contributed by atoms with Gasteiger partial charge in [-0.15, -0.1) is 0 Å². The molecule has 0 atom stereocenters. The van der Waals surface area contributed by atoms with E-state index in [1.807, 2.05) is 48.7 Å². The van der Waals surface area contributed by atoms with E-state index in [2.05, 4.69) is 59.6 Å². The van der Waals surface area contributed by atoms with Crippen LogP contribution in [0.3, 0.4) is 0 Å². The lowest BCUT2D eigenvalue weighted by Crippen LogP contribution is -1.85. The van der Waals surface area contributed by atoms with Crippen LogP contribution in [0, 0.1) is 0 Å². The van der Waals surface area contributed by atoms with Crippen molar-refractivity contribution in [3.05, 3.63) is 101 Å². The maximum atomic E-state index is 4.47. The first-order chi connectivity index (χ1) is 10.9. The molecule has 0 aliphatic heterocycles. The highest BCUT2D eigenvalue weighted by atomic mass is 14.7. The molecule has 106 valence electrons. The molecule has 1 nitrogen and oxygen atoms in total. The van der Waals surface area contributed by atoms with Crippen molar-refractivity contribution in [1.82, 2.24) is 4.98 Å². The third-order valence-corrected chi connectivity index (χ3v) is 3.36. The second kappa shape index (κ2) is 7.19. The number of nitrogens with zero attached hydrogens (tertiary/aromatic N) is 1. The van der Waals surface area contributed by atoms with Gasteiger partial charge in [0.25, 0.3) is 0 Å². The number of hydrogen-bond donors (Lipinski definition) is 0. The lowest BCUT2D eigenvalue weighted by Gasteiger charge is -2.00. The van der Waals surface area contributed by atoms with Gasteiger partial charge in [0.05, 0.1) is 5.69 Å². The standard InChI is InChI=1S/C21H17N/c1-3-8-18(9-4-1)13-15-20-12-7-17-22-21(20)16-14-19-10-5-2-6-11-19/h1-17H/b15-13+,16-14+. The van der Waals surface area contributed by atoms with Crippen LogP contribution in [-0.4, -0.2) is 4.98 Å². The number of aromatic nitrogens is 1. The number of pyridine rings is 1. The SMILES string of the molecule is C(=C\c1cccnc1/C=C/c1ccccc1)/c1ccccc1. The summed E-state index contributed by atoms with van der Waals surface area (Å²) in [6.45, 7) is 0. The van der Waals surface area contributed by atoms with Crippen molar-refractivity contribution in [2.24, 2.45) is 0 Å². The molecule has 1 heteroatoms. The Hall–Kier alpha value is -2.93. The molecule has 0 aliphatic rings. The van der Waals surface area contributed by atoms with Gasteiger partial charge in [-0.05, 0) is 23.3 Å². The van der Waals surface area contributed by atoms with E-state index in [0.717, 1.165) is 11.3 Å². The van der Waals surface area contributed by atoms with Crippen LogP contribution in [-0.2, 0) is 0 Å². The minimum atomic E-state index is 0.971. The molecule has 0 unspecified atom stereocenters. The topological polar surface area (TPSA) is 12.9 Å². The molecule has 0 bridgehead atoms. The fraction of sp³-hybridized carbons (Fsp3) is 0. The van der Waals surface area contributed by atoms with E-state index >= 15 is 0 Å². The Morgan fingerprint density at radius 1 is 0.545 bits per heavy atom. The molecule has 0 radical (unpaired) electrons. The quantitative estimate of drug-likeness (QED) is 0.622. The van der Waals surface area contributed by atoms with E-state index in [1.165, 1.54) is 11.1 Å². The first-order valence-corrected chi connectivity index (χ1v) is 7.33. The minimum absolute atomic E-state index is 0.971. The molecule has 0 aliphatic carbocycles. The summed E-state index contributed by atoms with van der Waals surface area (Å²) in [6.07, 6.45) is 10.2. The molecular weight excluding hydrogens is 266 g/mol. The Morgan fingerprint density at radius 2 is 1.14 bits per heavy atom. The van der Waals surface area contributed by atoms with E-state index in [-0.39, 0.29) is 0 Å². The van der Waals surface area contributed by atoms with Crippen LogP contribution in [0.2, 0.25) is 0 Å². The predicted octanol–water partition coefficient (Wildman–Crippen LogP) is 5.42. The van der Waals surface area contributed by atoms with Gasteiger partial charge in [0.1, 0.15) is 0 Å². The van der Waals surface area contributed by atoms with Crippen LogP contribution in [0.15, 0.2) is 79.0 Å². The van der Waals surface area contributed by atoms with Crippen LogP contribution >= 0.6 is 0 Å². The van der Waals surface area contributed by atoms with E-state index in [0.29, 0.717) is 0 Å². The number of hydrogen-bond acceptors (Lipinski definition) is 1. The Labute approximate surface area is 131 Å². The van der Waals surface area contributed by atoms with E-state index in [9.17, 15) is 0 Å². The Morgan fingerprint density at radius 3 is 1.77 bits per heavy atom. The molecule has 1 aromatic heterocycles. The zero-order chi connectivity index (χ0) is 15.0. The number of benzene rings is 2. The van der Waals surface area contributed by atoms with Gasteiger partial charge in [-0.2, -0.15) is 0 Å². The Balaban J connectivity index is 1.84. The largest absolute Gasteiger partial charge is 0.256 e. The maximum absolute atomic E-state index is 4.47. The molecule has 0 spiro atoms. The first kappa shape index (κ1) is 14.0. The Kier molecular flexibility index (Phi) is 4.58.